The molecule has 4 nitrogen and oxygen atoms in total. The zero-order valence-corrected chi connectivity index (χ0v) is 9.67. The van der Waals surface area contributed by atoms with Gasteiger partial charge in [-0.15, -0.1) is 0 Å². The van der Waals surface area contributed by atoms with Gasteiger partial charge in [0.25, 0.3) is 0 Å². The van der Waals surface area contributed by atoms with Gasteiger partial charge in [0.15, 0.2) is 6.29 Å². The van der Waals surface area contributed by atoms with Crippen molar-refractivity contribution < 1.29 is 9.53 Å². The number of hydrogen-bond donors (Lipinski definition) is 0. The first-order valence-electron chi connectivity index (χ1n) is 5.42. The minimum atomic E-state index is 0.597. The summed E-state index contributed by atoms with van der Waals surface area (Å²) < 4.78 is 7.11. The van der Waals surface area contributed by atoms with Gasteiger partial charge in [0.05, 0.1) is 19.6 Å². The van der Waals surface area contributed by atoms with Gasteiger partial charge in [-0.25, -0.2) is 4.98 Å². The lowest BCUT2D eigenvalue weighted by atomic mass is 10.1. The maximum absolute atomic E-state index is 10.7. The number of carbonyl (C=O) groups excluding carboxylic acids is 1. The number of ether oxygens (including phenoxy) is 1. The number of benzene rings is 1. The van der Waals surface area contributed by atoms with E-state index in [-0.39, 0.29) is 0 Å². The SMILES string of the molecule is COc1ccccc1CCn1cncc1C=O. The molecule has 88 valence electrons. The van der Waals surface area contributed by atoms with Gasteiger partial charge in [0.2, 0.25) is 0 Å². The van der Waals surface area contributed by atoms with Crippen LogP contribution in [0.2, 0.25) is 0 Å². The Labute approximate surface area is 99.9 Å². The molecule has 0 fully saturated rings. The van der Waals surface area contributed by atoms with Crippen LogP contribution in [0.3, 0.4) is 0 Å². The lowest BCUT2D eigenvalue weighted by Crippen LogP contribution is -2.04. The average Bonchev–Trinajstić information content (AvgIpc) is 2.84. The van der Waals surface area contributed by atoms with E-state index >= 15 is 0 Å². The molecule has 0 aliphatic rings. The molecule has 0 aliphatic carbocycles. The van der Waals surface area contributed by atoms with E-state index in [2.05, 4.69) is 4.98 Å². The molecule has 0 spiro atoms. The number of aromatic nitrogens is 2. The Morgan fingerprint density at radius 2 is 2.24 bits per heavy atom. The highest BCUT2D eigenvalue weighted by Gasteiger charge is 2.04. The molecule has 1 aromatic heterocycles. The monoisotopic (exact) mass is 230 g/mol. The van der Waals surface area contributed by atoms with E-state index in [0.29, 0.717) is 12.2 Å². The second-order valence-electron chi connectivity index (χ2n) is 3.69. The van der Waals surface area contributed by atoms with Crippen LogP contribution in [-0.2, 0) is 13.0 Å². The standard InChI is InChI=1S/C13H14N2O2/c1-17-13-5-3-2-4-11(13)6-7-15-10-14-8-12(15)9-16/h2-5,8-10H,6-7H2,1H3. The predicted molar refractivity (Wildman–Crippen MR) is 64.3 cm³/mol. The normalized spacial score (nSPS) is 10.2. The third-order valence-corrected chi connectivity index (χ3v) is 2.68. The van der Waals surface area contributed by atoms with Crippen LogP contribution in [0.5, 0.6) is 5.75 Å². The Kier molecular flexibility index (Phi) is 3.55. The average molecular weight is 230 g/mol. The lowest BCUT2D eigenvalue weighted by molar-refractivity contribution is 0.111. The summed E-state index contributed by atoms with van der Waals surface area (Å²) in [4.78, 5) is 14.7. The van der Waals surface area contributed by atoms with E-state index in [0.717, 1.165) is 24.0 Å². The molecule has 4 heteroatoms. The minimum Gasteiger partial charge on any atom is -0.496 e. The van der Waals surface area contributed by atoms with Crippen molar-refractivity contribution in [1.29, 1.82) is 0 Å². The van der Waals surface area contributed by atoms with Crippen LogP contribution in [0.4, 0.5) is 0 Å². The van der Waals surface area contributed by atoms with Crippen LogP contribution in [0.25, 0.3) is 0 Å². The van der Waals surface area contributed by atoms with Crippen molar-refractivity contribution in [2.24, 2.45) is 0 Å². The molecule has 1 heterocycles. The Bertz CT molecular complexity index is 506. The fourth-order valence-electron chi connectivity index (χ4n) is 1.77. The fourth-order valence-corrected chi connectivity index (χ4v) is 1.77. The van der Waals surface area contributed by atoms with Crippen LogP contribution < -0.4 is 4.74 Å². The van der Waals surface area contributed by atoms with Crippen LogP contribution in [0, 0.1) is 0 Å². The van der Waals surface area contributed by atoms with Crippen molar-refractivity contribution in [3.63, 3.8) is 0 Å². The van der Waals surface area contributed by atoms with E-state index in [9.17, 15) is 4.79 Å². The third-order valence-electron chi connectivity index (χ3n) is 2.68. The van der Waals surface area contributed by atoms with E-state index < -0.39 is 0 Å². The van der Waals surface area contributed by atoms with Crippen molar-refractivity contribution in [1.82, 2.24) is 9.55 Å². The van der Waals surface area contributed by atoms with Crippen LogP contribution >= 0.6 is 0 Å². The van der Waals surface area contributed by atoms with Gasteiger partial charge in [-0.05, 0) is 18.1 Å². The largest absolute Gasteiger partial charge is 0.496 e. The minimum absolute atomic E-state index is 0.597. The maximum Gasteiger partial charge on any atom is 0.168 e. The molecule has 0 radical (unpaired) electrons. The van der Waals surface area contributed by atoms with Crippen molar-refractivity contribution in [3.05, 3.63) is 48.0 Å². The molecule has 0 amide bonds. The number of hydrogen-bond acceptors (Lipinski definition) is 3. The Morgan fingerprint density at radius 1 is 1.41 bits per heavy atom. The number of para-hydroxylation sites is 1. The van der Waals surface area contributed by atoms with E-state index in [1.807, 2.05) is 28.8 Å². The fraction of sp³-hybridized carbons (Fsp3) is 0.231. The van der Waals surface area contributed by atoms with Crippen molar-refractivity contribution >= 4 is 6.29 Å². The van der Waals surface area contributed by atoms with Crippen molar-refractivity contribution in [2.75, 3.05) is 7.11 Å². The third kappa shape index (κ3) is 2.53. The van der Waals surface area contributed by atoms with Gasteiger partial charge >= 0.3 is 0 Å². The Hall–Kier alpha value is -2.10. The van der Waals surface area contributed by atoms with Gasteiger partial charge in [-0.2, -0.15) is 0 Å². The highest BCUT2D eigenvalue weighted by Crippen LogP contribution is 2.18. The molecular formula is C13H14N2O2. The van der Waals surface area contributed by atoms with Crippen LogP contribution in [0.15, 0.2) is 36.8 Å². The molecule has 17 heavy (non-hydrogen) atoms. The number of methoxy groups -OCH3 is 1. The molecule has 0 atom stereocenters. The van der Waals surface area contributed by atoms with Crippen LogP contribution in [-0.4, -0.2) is 22.9 Å². The van der Waals surface area contributed by atoms with E-state index in [4.69, 9.17) is 4.74 Å². The summed E-state index contributed by atoms with van der Waals surface area (Å²) in [7, 11) is 1.66. The topological polar surface area (TPSA) is 44.1 Å². The maximum atomic E-state index is 10.7. The van der Waals surface area contributed by atoms with E-state index in [1.54, 1.807) is 19.6 Å². The number of carbonyl (C=O) groups is 1. The molecule has 2 aromatic rings. The van der Waals surface area contributed by atoms with E-state index in [1.165, 1.54) is 0 Å². The molecule has 0 N–H and O–H groups in total. The molecule has 0 aliphatic heterocycles. The summed E-state index contributed by atoms with van der Waals surface area (Å²) >= 11 is 0. The van der Waals surface area contributed by atoms with Crippen molar-refractivity contribution in [3.8, 4) is 5.75 Å². The Morgan fingerprint density at radius 3 is 3.00 bits per heavy atom. The molecule has 0 saturated heterocycles. The molecule has 0 saturated carbocycles. The molecule has 1 aromatic carbocycles. The number of rotatable bonds is 5. The molecule has 0 bridgehead atoms. The molecule has 0 unspecified atom stereocenters. The highest BCUT2D eigenvalue weighted by atomic mass is 16.5. The Balaban J connectivity index is 2.09. The highest BCUT2D eigenvalue weighted by molar-refractivity contribution is 5.71. The zero-order chi connectivity index (χ0) is 12.1. The summed E-state index contributed by atoms with van der Waals surface area (Å²) in [6, 6.07) is 7.88. The van der Waals surface area contributed by atoms with Gasteiger partial charge < -0.3 is 9.30 Å². The first-order valence-corrected chi connectivity index (χ1v) is 5.42. The second kappa shape index (κ2) is 5.30. The van der Waals surface area contributed by atoms with Crippen molar-refractivity contribution in [2.45, 2.75) is 13.0 Å². The summed E-state index contributed by atoms with van der Waals surface area (Å²) in [5.41, 5.74) is 1.72. The number of aldehydes is 1. The van der Waals surface area contributed by atoms with Gasteiger partial charge in [0.1, 0.15) is 11.4 Å². The predicted octanol–water partition coefficient (Wildman–Crippen LogP) is 1.95. The number of nitrogens with zero attached hydrogens (tertiary/aromatic N) is 2. The number of imidazole rings is 1. The quantitative estimate of drug-likeness (QED) is 0.737. The van der Waals surface area contributed by atoms with Crippen LogP contribution in [0.1, 0.15) is 16.1 Å². The lowest BCUT2D eigenvalue weighted by Gasteiger charge is -2.09. The van der Waals surface area contributed by atoms with Gasteiger partial charge in [-0.3, -0.25) is 4.79 Å². The summed E-state index contributed by atoms with van der Waals surface area (Å²) in [5, 5.41) is 0. The zero-order valence-electron chi connectivity index (χ0n) is 9.67. The smallest absolute Gasteiger partial charge is 0.168 e. The first kappa shape index (κ1) is 11.4. The summed E-state index contributed by atoms with van der Waals surface area (Å²) in [6.45, 7) is 0.717. The summed E-state index contributed by atoms with van der Waals surface area (Å²) in [6.07, 6.45) is 4.85. The second-order valence-corrected chi connectivity index (χ2v) is 3.69. The summed E-state index contributed by atoms with van der Waals surface area (Å²) in [5.74, 6) is 0.875. The molecular weight excluding hydrogens is 216 g/mol. The molecule has 2 rings (SSSR count). The van der Waals surface area contributed by atoms with Gasteiger partial charge in [-0.1, -0.05) is 18.2 Å². The number of aryl methyl sites for hydroxylation is 2. The first-order chi connectivity index (χ1) is 8.35. The van der Waals surface area contributed by atoms with Gasteiger partial charge in [0, 0.05) is 6.54 Å².